The van der Waals surface area contributed by atoms with E-state index in [0.717, 1.165) is 11.3 Å². The quantitative estimate of drug-likeness (QED) is 0.855. The highest BCUT2D eigenvalue weighted by Gasteiger charge is 2.16. The minimum Gasteiger partial charge on any atom is -0.389 e. The molecule has 0 bridgehead atoms. The summed E-state index contributed by atoms with van der Waals surface area (Å²) in [6.45, 7) is 4.05. The van der Waals surface area contributed by atoms with E-state index in [0.29, 0.717) is 6.54 Å². The van der Waals surface area contributed by atoms with Gasteiger partial charge in [-0.05, 0) is 25.5 Å². The molecule has 16 heavy (non-hydrogen) atoms. The molecular weight excluding hydrogens is 200 g/mol. The van der Waals surface area contributed by atoms with E-state index in [2.05, 4.69) is 5.10 Å². The van der Waals surface area contributed by atoms with Crippen LogP contribution >= 0.6 is 0 Å². The molecule has 84 valence electrons. The van der Waals surface area contributed by atoms with Crippen LogP contribution in [-0.4, -0.2) is 20.5 Å². The van der Waals surface area contributed by atoms with E-state index in [4.69, 9.17) is 0 Å². The van der Waals surface area contributed by atoms with Gasteiger partial charge in [0.05, 0.1) is 17.8 Å². The van der Waals surface area contributed by atoms with Crippen LogP contribution in [0, 0.1) is 0 Å². The second kappa shape index (κ2) is 4.10. The number of hydrogen-bond donors (Lipinski definition) is 1. The number of benzene rings is 1. The van der Waals surface area contributed by atoms with Gasteiger partial charge < -0.3 is 5.11 Å². The zero-order valence-corrected chi connectivity index (χ0v) is 9.59. The van der Waals surface area contributed by atoms with Crippen molar-refractivity contribution in [3.63, 3.8) is 0 Å². The van der Waals surface area contributed by atoms with E-state index in [1.165, 1.54) is 0 Å². The highest BCUT2D eigenvalue weighted by molar-refractivity contribution is 5.58. The molecule has 0 saturated carbocycles. The van der Waals surface area contributed by atoms with Crippen molar-refractivity contribution in [3.05, 3.63) is 42.6 Å². The van der Waals surface area contributed by atoms with E-state index in [-0.39, 0.29) is 0 Å². The smallest absolute Gasteiger partial charge is 0.0787 e. The first-order chi connectivity index (χ1) is 7.56. The average Bonchev–Trinajstić information content (AvgIpc) is 2.64. The average molecular weight is 216 g/mol. The number of aliphatic hydroxyl groups is 1. The maximum absolute atomic E-state index is 9.80. The lowest BCUT2D eigenvalue weighted by molar-refractivity contribution is 0.0583. The Hall–Kier alpha value is -1.61. The summed E-state index contributed by atoms with van der Waals surface area (Å²) in [5, 5.41) is 14.0. The lowest BCUT2D eigenvalue weighted by Gasteiger charge is -2.18. The van der Waals surface area contributed by atoms with Crippen molar-refractivity contribution in [2.75, 3.05) is 0 Å². The van der Waals surface area contributed by atoms with E-state index in [1.54, 1.807) is 20.0 Å². The van der Waals surface area contributed by atoms with Crippen molar-refractivity contribution >= 4 is 0 Å². The van der Waals surface area contributed by atoms with Crippen LogP contribution in [0.3, 0.4) is 0 Å². The molecule has 0 aliphatic heterocycles. The van der Waals surface area contributed by atoms with Gasteiger partial charge in [0.15, 0.2) is 0 Å². The highest BCUT2D eigenvalue weighted by Crippen LogP contribution is 2.19. The maximum Gasteiger partial charge on any atom is 0.0787 e. The van der Waals surface area contributed by atoms with Gasteiger partial charge in [-0.1, -0.05) is 30.3 Å². The van der Waals surface area contributed by atoms with Crippen LogP contribution < -0.4 is 0 Å². The molecule has 3 heteroatoms. The second-order valence-electron chi connectivity index (χ2n) is 4.55. The maximum atomic E-state index is 9.80. The minimum absolute atomic E-state index is 0.490. The Morgan fingerprint density at radius 3 is 2.50 bits per heavy atom. The highest BCUT2D eigenvalue weighted by atomic mass is 16.3. The zero-order valence-electron chi connectivity index (χ0n) is 9.59. The van der Waals surface area contributed by atoms with Gasteiger partial charge in [0.25, 0.3) is 0 Å². The van der Waals surface area contributed by atoms with E-state index in [1.807, 2.05) is 41.1 Å². The molecular formula is C13H16N2O. The molecule has 1 N–H and O–H groups in total. The second-order valence-corrected chi connectivity index (χ2v) is 4.55. The van der Waals surface area contributed by atoms with Crippen LogP contribution in [0.4, 0.5) is 0 Å². The summed E-state index contributed by atoms with van der Waals surface area (Å²) in [5.74, 6) is 0. The summed E-state index contributed by atoms with van der Waals surface area (Å²) in [6.07, 6.45) is 1.76. The molecule has 0 aliphatic rings. The Labute approximate surface area is 95.3 Å². The Morgan fingerprint density at radius 1 is 1.19 bits per heavy atom. The van der Waals surface area contributed by atoms with Crippen LogP contribution in [0.25, 0.3) is 11.3 Å². The number of rotatable bonds is 3. The topological polar surface area (TPSA) is 38.0 Å². The van der Waals surface area contributed by atoms with Gasteiger partial charge in [0.1, 0.15) is 0 Å². The first-order valence-electron chi connectivity index (χ1n) is 5.36. The summed E-state index contributed by atoms with van der Waals surface area (Å²) >= 11 is 0. The van der Waals surface area contributed by atoms with Crippen LogP contribution in [0.15, 0.2) is 42.6 Å². The monoisotopic (exact) mass is 216 g/mol. The summed E-state index contributed by atoms with van der Waals surface area (Å²) in [4.78, 5) is 0. The molecule has 2 rings (SSSR count). The summed E-state index contributed by atoms with van der Waals surface area (Å²) in [7, 11) is 0. The lowest BCUT2D eigenvalue weighted by atomic mass is 10.1. The third-order valence-electron chi connectivity index (χ3n) is 2.32. The van der Waals surface area contributed by atoms with Gasteiger partial charge in [0, 0.05) is 6.20 Å². The fourth-order valence-electron chi connectivity index (χ4n) is 1.68. The SMILES string of the molecule is CC(C)(O)Cn1nccc1-c1ccccc1. The normalized spacial score (nSPS) is 11.7. The zero-order chi connectivity index (χ0) is 11.6. The molecule has 0 amide bonds. The van der Waals surface area contributed by atoms with Crippen molar-refractivity contribution < 1.29 is 5.11 Å². The predicted octanol–water partition coefficient (Wildman–Crippen LogP) is 2.32. The molecule has 0 fully saturated rings. The largest absolute Gasteiger partial charge is 0.389 e. The fourth-order valence-corrected chi connectivity index (χ4v) is 1.68. The molecule has 0 unspecified atom stereocenters. The molecule has 0 radical (unpaired) electrons. The fraction of sp³-hybridized carbons (Fsp3) is 0.308. The van der Waals surface area contributed by atoms with Crippen molar-refractivity contribution in [1.29, 1.82) is 0 Å². The number of nitrogens with zero attached hydrogens (tertiary/aromatic N) is 2. The van der Waals surface area contributed by atoms with Crippen molar-refractivity contribution in [3.8, 4) is 11.3 Å². The van der Waals surface area contributed by atoms with Gasteiger partial charge in [-0.15, -0.1) is 0 Å². The predicted molar refractivity (Wildman–Crippen MR) is 64.0 cm³/mol. The molecule has 1 aromatic heterocycles. The van der Waals surface area contributed by atoms with Crippen LogP contribution in [-0.2, 0) is 6.54 Å². The van der Waals surface area contributed by atoms with Crippen LogP contribution in [0.2, 0.25) is 0 Å². The van der Waals surface area contributed by atoms with Gasteiger partial charge in [0.2, 0.25) is 0 Å². The van der Waals surface area contributed by atoms with Crippen LogP contribution in [0.1, 0.15) is 13.8 Å². The third kappa shape index (κ3) is 2.49. The molecule has 0 atom stereocenters. The molecule has 0 aliphatic carbocycles. The number of aromatic nitrogens is 2. The van der Waals surface area contributed by atoms with Gasteiger partial charge in [-0.3, -0.25) is 4.68 Å². The van der Waals surface area contributed by atoms with E-state index in [9.17, 15) is 5.11 Å². The summed E-state index contributed by atoms with van der Waals surface area (Å²) in [5.41, 5.74) is 1.39. The first kappa shape index (κ1) is 10.9. The molecule has 2 aromatic rings. The Morgan fingerprint density at radius 2 is 1.88 bits per heavy atom. The van der Waals surface area contributed by atoms with E-state index >= 15 is 0 Å². The van der Waals surface area contributed by atoms with Crippen LogP contribution in [0.5, 0.6) is 0 Å². The summed E-state index contributed by atoms with van der Waals surface area (Å²) < 4.78 is 1.83. The van der Waals surface area contributed by atoms with E-state index < -0.39 is 5.60 Å². The molecule has 1 aromatic carbocycles. The van der Waals surface area contributed by atoms with Gasteiger partial charge in [-0.2, -0.15) is 5.10 Å². The molecule has 1 heterocycles. The van der Waals surface area contributed by atoms with Crippen molar-refractivity contribution in [2.24, 2.45) is 0 Å². The Balaban J connectivity index is 2.33. The van der Waals surface area contributed by atoms with Gasteiger partial charge in [-0.25, -0.2) is 0 Å². The minimum atomic E-state index is -0.754. The molecule has 3 nitrogen and oxygen atoms in total. The number of hydrogen-bond acceptors (Lipinski definition) is 2. The molecule has 0 saturated heterocycles. The first-order valence-corrected chi connectivity index (χ1v) is 5.36. The summed E-state index contributed by atoms with van der Waals surface area (Å²) in [6, 6.07) is 12.0. The van der Waals surface area contributed by atoms with Crippen molar-refractivity contribution in [2.45, 2.75) is 26.0 Å². The lowest BCUT2D eigenvalue weighted by Crippen LogP contribution is -2.27. The Kier molecular flexibility index (Phi) is 2.79. The standard InChI is InChI=1S/C13H16N2O/c1-13(2,16)10-15-12(8-9-14-15)11-6-4-3-5-7-11/h3-9,16H,10H2,1-2H3. The molecule has 0 spiro atoms. The van der Waals surface area contributed by atoms with Gasteiger partial charge >= 0.3 is 0 Å². The Bertz CT molecular complexity index is 454. The third-order valence-corrected chi connectivity index (χ3v) is 2.32. The van der Waals surface area contributed by atoms with Crippen molar-refractivity contribution in [1.82, 2.24) is 9.78 Å².